The van der Waals surface area contributed by atoms with Gasteiger partial charge in [0.2, 0.25) is 0 Å². The van der Waals surface area contributed by atoms with Crippen LogP contribution >= 0.6 is 11.3 Å². The van der Waals surface area contributed by atoms with Crippen LogP contribution in [0.15, 0.2) is 16.5 Å². The van der Waals surface area contributed by atoms with Gasteiger partial charge in [-0.25, -0.2) is 4.98 Å². The number of aryl methyl sites for hydroxylation is 2. The lowest BCUT2D eigenvalue weighted by atomic mass is 10.3. The molecule has 108 valence electrons. The highest BCUT2D eigenvalue weighted by Crippen LogP contribution is 2.29. The fraction of sp³-hybridized carbons (Fsp3) is 0.429. The van der Waals surface area contributed by atoms with Crippen molar-refractivity contribution < 1.29 is 9.21 Å². The van der Waals surface area contributed by atoms with E-state index in [-0.39, 0.29) is 5.91 Å². The molecular weight excluding hydrogens is 274 g/mol. The molecule has 20 heavy (non-hydrogen) atoms. The average molecular weight is 293 g/mol. The van der Waals surface area contributed by atoms with E-state index in [1.165, 1.54) is 11.3 Å². The first-order valence-electron chi connectivity index (χ1n) is 6.47. The molecule has 0 spiro atoms. The van der Waals surface area contributed by atoms with Crippen LogP contribution in [-0.2, 0) is 0 Å². The Morgan fingerprint density at radius 1 is 1.45 bits per heavy atom. The number of aromatic nitrogens is 1. The Kier molecular flexibility index (Phi) is 4.57. The highest BCUT2D eigenvalue weighted by Gasteiger charge is 2.20. The van der Waals surface area contributed by atoms with Crippen molar-refractivity contribution in [2.24, 2.45) is 0 Å². The Balaban J connectivity index is 2.21. The number of furan rings is 1. The lowest BCUT2D eigenvalue weighted by Gasteiger charge is -2.15. The molecule has 2 rings (SSSR count). The number of likely N-dealkylation sites (N-methyl/N-ethyl adjacent to an activating group) is 2. The molecule has 1 amide bonds. The van der Waals surface area contributed by atoms with Crippen molar-refractivity contribution in [1.29, 1.82) is 0 Å². The number of nitrogens with one attached hydrogen (secondary N) is 1. The van der Waals surface area contributed by atoms with Crippen molar-refractivity contribution in [1.82, 2.24) is 15.2 Å². The first kappa shape index (κ1) is 14.7. The summed E-state index contributed by atoms with van der Waals surface area (Å²) in [6, 6.07) is 3.78. The zero-order chi connectivity index (χ0) is 14.7. The van der Waals surface area contributed by atoms with Gasteiger partial charge >= 0.3 is 0 Å². The van der Waals surface area contributed by atoms with Crippen LogP contribution < -0.4 is 5.32 Å². The Labute approximate surface area is 122 Å². The third-order valence-corrected chi connectivity index (χ3v) is 4.15. The smallest absolute Gasteiger partial charge is 0.265 e. The summed E-state index contributed by atoms with van der Waals surface area (Å²) < 4.78 is 5.56. The van der Waals surface area contributed by atoms with Crippen molar-refractivity contribution in [3.05, 3.63) is 28.5 Å². The maximum atomic E-state index is 12.4. The molecule has 0 radical (unpaired) electrons. The first-order chi connectivity index (χ1) is 9.52. The van der Waals surface area contributed by atoms with Crippen LogP contribution in [0.3, 0.4) is 0 Å². The van der Waals surface area contributed by atoms with E-state index in [0.717, 1.165) is 23.0 Å². The predicted octanol–water partition coefficient (Wildman–Crippen LogP) is 2.31. The molecule has 0 aliphatic rings. The van der Waals surface area contributed by atoms with Gasteiger partial charge in [-0.3, -0.25) is 4.79 Å². The lowest BCUT2D eigenvalue weighted by Crippen LogP contribution is -2.32. The molecule has 1 N–H and O–H groups in total. The van der Waals surface area contributed by atoms with Gasteiger partial charge in [-0.1, -0.05) is 0 Å². The van der Waals surface area contributed by atoms with Gasteiger partial charge in [0, 0.05) is 20.1 Å². The molecule has 0 saturated carbocycles. The third kappa shape index (κ3) is 3.08. The zero-order valence-corrected chi connectivity index (χ0v) is 13.0. The Bertz CT molecular complexity index is 603. The topological polar surface area (TPSA) is 58.4 Å². The van der Waals surface area contributed by atoms with Crippen molar-refractivity contribution in [2.75, 3.05) is 27.2 Å². The van der Waals surface area contributed by atoms with Gasteiger partial charge in [0.25, 0.3) is 5.91 Å². The first-order valence-corrected chi connectivity index (χ1v) is 7.29. The average Bonchev–Trinajstić information content (AvgIpc) is 3.01. The molecule has 5 nitrogen and oxygen atoms in total. The zero-order valence-electron chi connectivity index (χ0n) is 12.2. The second kappa shape index (κ2) is 6.19. The monoisotopic (exact) mass is 293 g/mol. The largest absolute Gasteiger partial charge is 0.459 e. The highest BCUT2D eigenvalue weighted by molar-refractivity contribution is 7.17. The van der Waals surface area contributed by atoms with Crippen LogP contribution in [0.5, 0.6) is 0 Å². The summed E-state index contributed by atoms with van der Waals surface area (Å²) in [6.45, 7) is 5.18. The molecule has 2 aromatic heterocycles. The SMILES string of the molecule is CNCCN(C)C(=O)c1sc(-c2ccc(C)o2)nc1C. The maximum Gasteiger partial charge on any atom is 0.265 e. The van der Waals surface area contributed by atoms with Crippen LogP contribution in [-0.4, -0.2) is 43.0 Å². The van der Waals surface area contributed by atoms with E-state index in [1.807, 2.05) is 33.0 Å². The third-order valence-electron chi connectivity index (χ3n) is 2.99. The molecule has 0 atom stereocenters. The number of carbonyl (C=O) groups excluding carboxylic acids is 1. The predicted molar refractivity (Wildman–Crippen MR) is 80.2 cm³/mol. The number of hydrogen-bond donors (Lipinski definition) is 1. The molecule has 0 unspecified atom stereocenters. The number of hydrogen-bond acceptors (Lipinski definition) is 5. The summed E-state index contributed by atoms with van der Waals surface area (Å²) >= 11 is 1.38. The maximum absolute atomic E-state index is 12.4. The van der Waals surface area contributed by atoms with Gasteiger partial charge in [-0.2, -0.15) is 0 Å². The van der Waals surface area contributed by atoms with Crippen molar-refractivity contribution >= 4 is 17.2 Å². The molecule has 0 aliphatic heterocycles. The summed E-state index contributed by atoms with van der Waals surface area (Å²) in [5.74, 6) is 1.56. The van der Waals surface area contributed by atoms with Crippen LogP contribution in [0.4, 0.5) is 0 Å². The molecule has 2 aromatic rings. The Morgan fingerprint density at radius 3 is 2.80 bits per heavy atom. The molecule has 6 heteroatoms. The Morgan fingerprint density at radius 2 is 2.20 bits per heavy atom. The van der Waals surface area contributed by atoms with Crippen LogP contribution in [0.1, 0.15) is 21.1 Å². The second-order valence-electron chi connectivity index (χ2n) is 4.67. The molecule has 0 bridgehead atoms. The summed E-state index contributed by atoms with van der Waals surface area (Å²) in [5, 5.41) is 3.78. The van der Waals surface area contributed by atoms with E-state index >= 15 is 0 Å². The molecule has 2 heterocycles. The molecule has 0 saturated heterocycles. The Hall–Kier alpha value is -1.66. The van der Waals surface area contributed by atoms with E-state index in [1.54, 1.807) is 11.9 Å². The van der Waals surface area contributed by atoms with E-state index in [4.69, 9.17) is 4.42 Å². The fourth-order valence-corrected chi connectivity index (χ4v) is 2.83. The summed E-state index contributed by atoms with van der Waals surface area (Å²) in [4.78, 5) is 19.2. The molecule has 0 aromatic carbocycles. The van der Waals surface area contributed by atoms with E-state index in [9.17, 15) is 4.79 Å². The minimum Gasteiger partial charge on any atom is -0.459 e. The minimum absolute atomic E-state index is 0.00442. The molecular formula is C14H19N3O2S. The van der Waals surface area contributed by atoms with Crippen LogP contribution in [0.2, 0.25) is 0 Å². The van der Waals surface area contributed by atoms with Gasteiger partial charge < -0.3 is 14.6 Å². The van der Waals surface area contributed by atoms with Gasteiger partial charge in [-0.15, -0.1) is 11.3 Å². The van der Waals surface area contributed by atoms with E-state index in [0.29, 0.717) is 17.2 Å². The number of amides is 1. The normalized spacial score (nSPS) is 10.8. The van der Waals surface area contributed by atoms with Crippen molar-refractivity contribution in [3.8, 4) is 10.8 Å². The van der Waals surface area contributed by atoms with Gasteiger partial charge in [0.05, 0.1) is 5.69 Å². The number of carbonyl (C=O) groups is 1. The van der Waals surface area contributed by atoms with E-state index in [2.05, 4.69) is 10.3 Å². The standard InChI is InChI=1S/C14H19N3O2S/c1-9-5-6-11(19-9)13-16-10(2)12(20-13)14(18)17(4)8-7-15-3/h5-6,15H,7-8H2,1-4H3. The summed E-state index contributed by atoms with van der Waals surface area (Å²) in [5.41, 5.74) is 0.750. The number of nitrogens with zero attached hydrogens (tertiary/aromatic N) is 2. The van der Waals surface area contributed by atoms with Gasteiger partial charge in [-0.05, 0) is 33.0 Å². The van der Waals surface area contributed by atoms with E-state index < -0.39 is 0 Å². The second-order valence-corrected chi connectivity index (χ2v) is 5.67. The molecule has 0 fully saturated rings. The quantitative estimate of drug-likeness (QED) is 0.919. The fourth-order valence-electron chi connectivity index (χ4n) is 1.80. The van der Waals surface area contributed by atoms with Crippen molar-refractivity contribution in [3.63, 3.8) is 0 Å². The van der Waals surface area contributed by atoms with Gasteiger partial charge in [0.15, 0.2) is 10.8 Å². The number of thiazole rings is 1. The van der Waals surface area contributed by atoms with Crippen molar-refractivity contribution in [2.45, 2.75) is 13.8 Å². The lowest BCUT2D eigenvalue weighted by molar-refractivity contribution is 0.0800. The summed E-state index contributed by atoms with van der Waals surface area (Å²) in [7, 11) is 3.67. The highest BCUT2D eigenvalue weighted by atomic mass is 32.1. The minimum atomic E-state index is 0.00442. The van der Waals surface area contributed by atoms with Crippen LogP contribution in [0.25, 0.3) is 10.8 Å². The summed E-state index contributed by atoms with van der Waals surface area (Å²) in [6.07, 6.45) is 0. The van der Waals surface area contributed by atoms with Crippen LogP contribution in [0, 0.1) is 13.8 Å². The number of rotatable bonds is 5. The molecule has 0 aliphatic carbocycles. The van der Waals surface area contributed by atoms with Gasteiger partial charge in [0.1, 0.15) is 10.6 Å².